The third-order valence-electron chi connectivity index (χ3n) is 3.72. The van der Waals surface area contributed by atoms with Crippen LogP contribution in [0.2, 0.25) is 10.2 Å². The first kappa shape index (κ1) is 23.5. The van der Waals surface area contributed by atoms with Gasteiger partial charge in [-0.25, -0.2) is 9.67 Å². The van der Waals surface area contributed by atoms with E-state index in [1.165, 1.54) is 16.9 Å². The molecule has 0 fully saturated rings. The molecule has 0 saturated carbocycles. The molecule has 3 rings (SSSR count). The molecule has 2 N–H and O–H groups in total. The van der Waals surface area contributed by atoms with Crippen LogP contribution < -0.4 is 10.6 Å². The number of anilines is 1. The van der Waals surface area contributed by atoms with Crippen molar-refractivity contribution in [3.63, 3.8) is 0 Å². The Balaban J connectivity index is 2.02. The molecular formula is C18H12Br2Cl2IN5O2. The molecule has 0 aliphatic heterocycles. The van der Waals surface area contributed by atoms with Crippen LogP contribution in [0.3, 0.4) is 0 Å². The van der Waals surface area contributed by atoms with Crippen molar-refractivity contribution in [3.8, 4) is 5.82 Å². The maximum atomic E-state index is 13.1. The minimum absolute atomic E-state index is 0.0912. The number of halogens is 5. The Labute approximate surface area is 212 Å². The average molecular weight is 688 g/mol. The summed E-state index contributed by atoms with van der Waals surface area (Å²) in [4.78, 5) is 29.9. The van der Waals surface area contributed by atoms with Crippen LogP contribution in [0, 0.1) is 0 Å². The summed E-state index contributed by atoms with van der Waals surface area (Å²) in [6, 6.07) is 8.02. The Morgan fingerprint density at radius 3 is 2.60 bits per heavy atom. The second kappa shape index (κ2) is 9.94. The summed E-state index contributed by atoms with van der Waals surface area (Å²) in [6.45, 7) is 1.83. The highest BCUT2D eigenvalue weighted by Gasteiger charge is 2.23. The van der Waals surface area contributed by atoms with Crippen LogP contribution in [0.5, 0.6) is 0 Å². The van der Waals surface area contributed by atoms with Crippen molar-refractivity contribution in [2.24, 2.45) is 0 Å². The molecule has 0 spiro atoms. The fourth-order valence-corrected chi connectivity index (χ4v) is 4.51. The number of hydrogen-bond acceptors (Lipinski definition) is 4. The third kappa shape index (κ3) is 5.34. The summed E-state index contributed by atoms with van der Waals surface area (Å²) in [7, 11) is 0. The van der Waals surface area contributed by atoms with E-state index in [1.54, 1.807) is 24.3 Å². The van der Waals surface area contributed by atoms with E-state index in [-0.39, 0.29) is 32.2 Å². The van der Waals surface area contributed by atoms with Gasteiger partial charge in [-0.1, -0.05) is 61.7 Å². The number of carbonyl (C=O) groups is 2. The first-order valence-corrected chi connectivity index (χ1v) is 11.9. The van der Waals surface area contributed by atoms with Gasteiger partial charge in [0.1, 0.15) is 5.69 Å². The van der Waals surface area contributed by atoms with Crippen LogP contribution in [0.4, 0.5) is 5.69 Å². The van der Waals surface area contributed by atoms with Crippen molar-refractivity contribution in [2.45, 2.75) is 11.0 Å². The maximum absolute atomic E-state index is 13.1. The van der Waals surface area contributed by atoms with Gasteiger partial charge in [0.05, 0.1) is 20.3 Å². The van der Waals surface area contributed by atoms with Crippen LogP contribution in [0.15, 0.2) is 45.5 Å². The predicted molar refractivity (Wildman–Crippen MR) is 132 cm³/mol. The van der Waals surface area contributed by atoms with Crippen LogP contribution in [-0.2, 0) is 0 Å². The van der Waals surface area contributed by atoms with Gasteiger partial charge < -0.3 is 10.6 Å². The van der Waals surface area contributed by atoms with Crippen molar-refractivity contribution in [1.82, 2.24) is 20.1 Å². The zero-order chi connectivity index (χ0) is 22.0. The quantitative estimate of drug-likeness (QED) is 0.200. The Morgan fingerprint density at radius 2 is 1.93 bits per heavy atom. The predicted octanol–water partition coefficient (Wildman–Crippen LogP) is 5.86. The lowest BCUT2D eigenvalue weighted by Gasteiger charge is -2.15. The first-order chi connectivity index (χ1) is 14.2. The molecule has 0 saturated heterocycles. The van der Waals surface area contributed by atoms with E-state index in [9.17, 15) is 9.59 Å². The van der Waals surface area contributed by atoms with Crippen LogP contribution in [0.1, 0.15) is 27.8 Å². The molecule has 7 nitrogen and oxygen atoms in total. The summed E-state index contributed by atoms with van der Waals surface area (Å²) >= 11 is 21.1. The van der Waals surface area contributed by atoms with Gasteiger partial charge in [0.25, 0.3) is 11.8 Å². The minimum atomic E-state index is -0.546. The Bertz CT molecular complexity index is 1140. The molecule has 12 heteroatoms. The van der Waals surface area contributed by atoms with Gasteiger partial charge in [0, 0.05) is 21.2 Å². The molecule has 0 aliphatic rings. The molecule has 2 aromatic heterocycles. The number of amides is 2. The van der Waals surface area contributed by atoms with Crippen molar-refractivity contribution in [2.75, 3.05) is 5.32 Å². The van der Waals surface area contributed by atoms with Gasteiger partial charge in [-0.3, -0.25) is 9.59 Å². The number of rotatable bonds is 5. The van der Waals surface area contributed by atoms with E-state index in [2.05, 4.69) is 75.2 Å². The van der Waals surface area contributed by atoms with Crippen LogP contribution in [0.25, 0.3) is 5.82 Å². The third-order valence-corrected chi connectivity index (χ3v) is 5.59. The van der Waals surface area contributed by atoms with E-state index >= 15 is 0 Å². The Hall–Kier alpha value is -1.21. The van der Waals surface area contributed by atoms with Crippen molar-refractivity contribution < 1.29 is 9.59 Å². The highest BCUT2D eigenvalue weighted by molar-refractivity contribution is 14.1. The fourth-order valence-electron chi connectivity index (χ4n) is 2.52. The number of benzene rings is 1. The van der Waals surface area contributed by atoms with Gasteiger partial charge >= 0.3 is 0 Å². The van der Waals surface area contributed by atoms with Crippen LogP contribution >= 0.6 is 77.7 Å². The lowest BCUT2D eigenvalue weighted by Crippen LogP contribution is -2.29. The number of alkyl halides is 1. The molecule has 156 valence electrons. The largest absolute Gasteiger partial charge is 0.341 e. The number of nitrogens with zero attached hydrogens (tertiary/aromatic N) is 3. The van der Waals surface area contributed by atoms with Crippen LogP contribution in [-0.4, -0.2) is 30.6 Å². The summed E-state index contributed by atoms with van der Waals surface area (Å²) in [5.74, 6) is -0.632. The summed E-state index contributed by atoms with van der Waals surface area (Å²) in [5, 5.41) is 10.1. The number of hydrogen-bond donors (Lipinski definition) is 2. The summed E-state index contributed by atoms with van der Waals surface area (Å²) in [5.41, 5.74) is 0.680. The van der Waals surface area contributed by atoms with Crippen molar-refractivity contribution in [1.29, 1.82) is 0 Å². The molecule has 1 unspecified atom stereocenters. The van der Waals surface area contributed by atoms with Crippen molar-refractivity contribution in [3.05, 3.63) is 66.9 Å². The monoisotopic (exact) mass is 685 g/mol. The number of nitrogens with one attached hydrogen (secondary N) is 2. The molecule has 3 aromatic rings. The van der Waals surface area contributed by atoms with E-state index in [4.69, 9.17) is 23.2 Å². The van der Waals surface area contributed by atoms with Gasteiger partial charge in [0.2, 0.25) is 0 Å². The molecule has 1 atom stereocenters. The molecule has 30 heavy (non-hydrogen) atoms. The molecule has 1 aromatic carbocycles. The second-order valence-corrected chi connectivity index (χ2v) is 10.4. The molecule has 0 radical (unpaired) electrons. The van der Waals surface area contributed by atoms with Gasteiger partial charge in [-0.2, -0.15) is 5.10 Å². The smallest absolute Gasteiger partial charge is 0.274 e. The Morgan fingerprint density at radius 1 is 1.20 bits per heavy atom. The van der Waals surface area contributed by atoms with Gasteiger partial charge in [-0.05, 0) is 47.1 Å². The lowest BCUT2D eigenvalue weighted by atomic mass is 10.1. The van der Waals surface area contributed by atoms with E-state index in [0.717, 1.165) is 0 Å². The SMILES string of the molecule is CC(I)NC(=O)c1cc(Br)cc(Br)c1NC(=O)c1cc(Cl)nn1-c1ncccc1Cl. The fraction of sp³-hybridized carbons (Fsp3) is 0.111. The standard InChI is InChI=1S/C18H12Br2Cl2IN5O2/c1-8(23)25-17(29)10-5-9(19)6-11(20)15(10)26-18(30)13-7-14(22)27-28(13)16-12(21)3-2-4-24-16/h2-8H,1H3,(H,25,29)(H,26,30). The minimum Gasteiger partial charge on any atom is -0.341 e. The van der Waals surface area contributed by atoms with Gasteiger partial charge in [0.15, 0.2) is 11.0 Å². The zero-order valence-electron chi connectivity index (χ0n) is 15.1. The highest BCUT2D eigenvalue weighted by Crippen LogP contribution is 2.32. The number of aromatic nitrogens is 3. The molecule has 0 bridgehead atoms. The Kier molecular flexibility index (Phi) is 7.77. The molecule has 2 heterocycles. The average Bonchev–Trinajstić information content (AvgIpc) is 3.05. The zero-order valence-corrected chi connectivity index (χ0v) is 21.9. The van der Waals surface area contributed by atoms with Gasteiger partial charge in [-0.15, -0.1) is 0 Å². The molecular weight excluding hydrogens is 676 g/mol. The molecule has 2 amide bonds. The maximum Gasteiger partial charge on any atom is 0.274 e. The molecule has 0 aliphatic carbocycles. The summed E-state index contributed by atoms with van der Waals surface area (Å²) in [6.07, 6.45) is 1.53. The summed E-state index contributed by atoms with van der Waals surface area (Å²) < 4.78 is 2.33. The second-order valence-electron chi connectivity index (χ2n) is 5.93. The van der Waals surface area contributed by atoms with E-state index in [0.29, 0.717) is 19.7 Å². The highest BCUT2D eigenvalue weighted by atomic mass is 127. The van der Waals surface area contributed by atoms with E-state index in [1.807, 2.05) is 6.92 Å². The topological polar surface area (TPSA) is 88.9 Å². The van der Waals surface area contributed by atoms with E-state index < -0.39 is 5.91 Å². The first-order valence-electron chi connectivity index (χ1n) is 8.29. The number of pyridine rings is 1. The normalized spacial score (nSPS) is 11.8. The number of carbonyl (C=O) groups excluding carboxylic acids is 2. The van der Waals surface area contributed by atoms with Crippen molar-refractivity contribution >= 4 is 95.2 Å². The lowest BCUT2D eigenvalue weighted by molar-refractivity contribution is 0.0954.